The molecule has 3 aromatic heterocycles. The third-order valence-corrected chi connectivity index (χ3v) is 4.51. The van der Waals surface area contributed by atoms with Gasteiger partial charge in [0.25, 0.3) is 0 Å². The zero-order chi connectivity index (χ0) is 14.9. The van der Waals surface area contributed by atoms with Crippen LogP contribution in [0.2, 0.25) is 0 Å². The molecule has 1 aliphatic rings. The Bertz CT molecular complexity index is 767. The lowest BCUT2D eigenvalue weighted by Crippen LogP contribution is -2.23. The van der Waals surface area contributed by atoms with Crippen LogP contribution >= 0.6 is 0 Å². The van der Waals surface area contributed by atoms with Gasteiger partial charge in [-0.25, -0.2) is 4.98 Å². The molecule has 1 saturated carbocycles. The Morgan fingerprint density at radius 3 is 2.82 bits per heavy atom. The summed E-state index contributed by atoms with van der Waals surface area (Å²) in [6.07, 6.45) is 12.1. The fourth-order valence-electron chi connectivity index (χ4n) is 3.33. The standard InChI is InChI=1S/C18H21N3O/c1-13-7-8-16-20-17(14-9-10-22-12-14)18(21(16)11-13)19-15-5-3-2-4-6-15/h7-12,15,19H,2-6H2,1H3. The molecular weight excluding hydrogens is 274 g/mol. The Morgan fingerprint density at radius 2 is 2.05 bits per heavy atom. The van der Waals surface area contributed by atoms with Gasteiger partial charge in [0.05, 0.1) is 12.5 Å². The molecule has 1 N–H and O–H groups in total. The van der Waals surface area contributed by atoms with Crippen LogP contribution in [0.25, 0.3) is 16.9 Å². The first-order valence-electron chi connectivity index (χ1n) is 8.09. The number of hydrogen-bond acceptors (Lipinski definition) is 3. The maximum absolute atomic E-state index is 5.26. The molecule has 4 nitrogen and oxygen atoms in total. The van der Waals surface area contributed by atoms with Crippen LogP contribution in [0.5, 0.6) is 0 Å². The lowest BCUT2D eigenvalue weighted by Gasteiger charge is -2.24. The first kappa shape index (κ1) is 13.4. The van der Waals surface area contributed by atoms with Crippen LogP contribution in [0.1, 0.15) is 37.7 Å². The Morgan fingerprint density at radius 1 is 1.18 bits per heavy atom. The monoisotopic (exact) mass is 295 g/mol. The van der Waals surface area contributed by atoms with E-state index in [-0.39, 0.29) is 0 Å². The quantitative estimate of drug-likeness (QED) is 0.765. The van der Waals surface area contributed by atoms with Crippen molar-refractivity contribution in [3.8, 4) is 11.3 Å². The first-order chi connectivity index (χ1) is 10.8. The molecule has 0 atom stereocenters. The van der Waals surface area contributed by atoms with E-state index in [1.54, 1.807) is 12.5 Å². The molecule has 1 aliphatic carbocycles. The minimum atomic E-state index is 0.541. The van der Waals surface area contributed by atoms with Crippen LogP contribution in [-0.4, -0.2) is 15.4 Å². The summed E-state index contributed by atoms with van der Waals surface area (Å²) in [5.74, 6) is 1.09. The van der Waals surface area contributed by atoms with Gasteiger partial charge in [0.15, 0.2) is 0 Å². The van der Waals surface area contributed by atoms with E-state index in [2.05, 4.69) is 35.0 Å². The summed E-state index contributed by atoms with van der Waals surface area (Å²) >= 11 is 0. The van der Waals surface area contributed by atoms with Gasteiger partial charge in [-0.3, -0.25) is 4.40 Å². The molecule has 0 bridgehead atoms. The summed E-state index contributed by atoms with van der Waals surface area (Å²) in [6.45, 7) is 2.11. The van der Waals surface area contributed by atoms with Crippen molar-refractivity contribution < 1.29 is 4.42 Å². The van der Waals surface area contributed by atoms with E-state index < -0.39 is 0 Å². The van der Waals surface area contributed by atoms with Crippen LogP contribution < -0.4 is 5.32 Å². The highest BCUT2D eigenvalue weighted by Crippen LogP contribution is 2.31. The molecule has 114 valence electrons. The Labute approximate surface area is 130 Å². The van der Waals surface area contributed by atoms with E-state index in [4.69, 9.17) is 9.40 Å². The minimum absolute atomic E-state index is 0.541. The van der Waals surface area contributed by atoms with Gasteiger partial charge in [0.2, 0.25) is 0 Å². The molecule has 4 rings (SSSR count). The number of aromatic nitrogens is 2. The second kappa shape index (κ2) is 5.52. The first-order valence-corrected chi connectivity index (χ1v) is 8.09. The van der Waals surface area contributed by atoms with Crippen molar-refractivity contribution in [2.75, 3.05) is 5.32 Å². The highest BCUT2D eigenvalue weighted by Gasteiger charge is 2.20. The third-order valence-electron chi connectivity index (χ3n) is 4.51. The number of nitrogens with one attached hydrogen (secondary N) is 1. The summed E-state index contributed by atoms with van der Waals surface area (Å²) < 4.78 is 7.43. The average molecular weight is 295 g/mol. The number of hydrogen-bond donors (Lipinski definition) is 1. The molecule has 4 heteroatoms. The van der Waals surface area contributed by atoms with Crippen molar-refractivity contribution >= 4 is 11.5 Å². The van der Waals surface area contributed by atoms with Crippen LogP contribution in [0.15, 0.2) is 41.3 Å². The number of furan rings is 1. The van der Waals surface area contributed by atoms with Crippen molar-refractivity contribution in [1.82, 2.24) is 9.38 Å². The van der Waals surface area contributed by atoms with E-state index in [9.17, 15) is 0 Å². The van der Waals surface area contributed by atoms with Crippen LogP contribution in [0, 0.1) is 6.92 Å². The van der Waals surface area contributed by atoms with Crippen LogP contribution in [-0.2, 0) is 0 Å². The second-order valence-electron chi connectivity index (χ2n) is 6.23. The van der Waals surface area contributed by atoms with E-state index >= 15 is 0 Å². The van der Waals surface area contributed by atoms with Gasteiger partial charge in [0.1, 0.15) is 17.2 Å². The number of nitrogens with zero attached hydrogens (tertiary/aromatic N) is 2. The topological polar surface area (TPSA) is 42.5 Å². The normalized spacial score (nSPS) is 16.2. The predicted octanol–water partition coefficient (Wildman–Crippen LogP) is 4.65. The maximum Gasteiger partial charge on any atom is 0.139 e. The van der Waals surface area contributed by atoms with Gasteiger partial charge in [0, 0.05) is 17.8 Å². The zero-order valence-corrected chi connectivity index (χ0v) is 12.9. The number of aryl methyl sites for hydroxylation is 1. The molecule has 0 amide bonds. The van der Waals surface area contributed by atoms with Gasteiger partial charge >= 0.3 is 0 Å². The highest BCUT2D eigenvalue weighted by atomic mass is 16.3. The second-order valence-corrected chi connectivity index (χ2v) is 6.23. The van der Waals surface area contributed by atoms with Crippen molar-refractivity contribution in [2.45, 2.75) is 45.1 Å². The molecule has 0 unspecified atom stereocenters. The number of pyridine rings is 1. The Kier molecular flexibility index (Phi) is 3.37. The van der Waals surface area contributed by atoms with Gasteiger partial charge in [-0.15, -0.1) is 0 Å². The van der Waals surface area contributed by atoms with Crippen molar-refractivity contribution in [2.24, 2.45) is 0 Å². The van der Waals surface area contributed by atoms with Crippen molar-refractivity contribution in [3.05, 3.63) is 42.5 Å². The van der Waals surface area contributed by atoms with E-state index in [0.717, 1.165) is 22.7 Å². The molecule has 0 aromatic carbocycles. The van der Waals surface area contributed by atoms with Crippen molar-refractivity contribution in [1.29, 1.82) is 0 Å². The zero-order valence-electron chi connectivity index (χ0n) is 12.9. The fourth-order valence-corrected chi connectivity index (χ4v) is 3.33. The minimum Gasteiger partial charge on any atom is -0.472 e. The third kappa shape index (κ3) is 2.39. The number of imidazole rings is 1. The molecule has 22 heavy (non-hydrogen) atoms. The maximum atomic E-state index is 5.26. The van der Waals surface area contributed by atoms with Gasteiger partial charge < -0.3 is 9.73 Å². The molecule has 0 aliphatic heterocycles. The van der Waals surface area contributed by atoms with E-state index in [1.807, 2.05) is 6.07 Å². The molecule has 0 radical (unpaired) electrons. The van der Waals surface area contributed by atoms with Gasteiger partial charge in [-0.1, -0.05) is 25.3 Å². The van der Waals surface area contributed by atoms with E-state index in [0.29, 0.717) is 6.04 Å². The summed E-state index contributed by atoms with van der Waals surface area (Å²) in [5, 5.41) is 3.75. The molecule has 0 spiro atoms. The molecular formula is C18H21N3O. The van der Waals surface area contributed by atoms with Crippen molar-refractivity contribution in [3.63, 3.8) is 0 Å². The van der Waals surface area contributed by atoms with Crippen LogP contribution in [0.3, 0.4) is 0 Å². The summed E-state index contributed by atoms with van der Waals surface area (Å²) in [5.41, 5.74) is 4.21. The predicted molar refractivity (Wildman–Crippen MR) is 88.1 cm³/mol. The van der Waals surface area contributed by atoms with E-state index in [1.165, 1.54) is 37.7 Å². The molecule has 1 fully saturated rings. The molecule has 3 aromatic rings. The molecule has 0 saturated heterocycles. The molecule has 3 heterocycles. The fraction of sp³-hybridized carbons (Fsp3) is 0.389. The average Bonchev–Trinajstić information content (AvgIpc) is 3.17. The summed E-state index contributed by atoms with van der Waals surface area (Å²) in [7, 11) is 0. The lowest BCUT2D eigenvalue weighted by atomic mass is 9.95. The summed E-state index contributed by atoms with van der Waals surface area (Å²) in [4.78, 5) is 4.80. The smallest absolute Gasteiger partial charge is 0.139 e. The highest BCUT2D eigenvalue weighted by molar-refractivity contribution is 5.76. The van der Waals surface area contributed by atoms with Crippen LogP contribution in [0.4, 0.5) is 5.82 Å². The lowest BCUT2D eigenvalue weighted by molar-refractivity contribution is 0.461. The number of fused-ring (bicyclic) bond motifs is 1. The number of anilines is 1. The Hall–Kier alpha value is -2.23. The van der Waals surface area contributed by atoms with Gasteiger partial charge in [-0.05, 0) is 37.5 Å². The van der Waals surface area contributed by atoms with Gasteiger partial charge in [-0.2, -0.15) is 0 Å². The SMILES string of the molecule is Cc1ccc2nc(-c3ccoc3)c(NC3CCCCC3)n2c1. The Balaban J connectivity index is 1.81. The largest absolute Gasteiger partial charge is 0.472 e. The summed E-state index contributed by atoms with van der Waals surface area (Å²) in [6, 6.07) is 6.69. The number of rotatable bonds is 3.